The van der Waals surface area contributed by atoms with Crippen LogP contribution in [-0.2, 0) is 14.3 Å². The van der Waals surface area contributed by atoms with E-state index in [0.29, 0.717) is 11.9 Å². The number of hydrogen-bond donors (Lipinski definition) is 2. The normalized spacial score (nSPS) is 19.7. The lowest BCUT2D eigenvalue weighted by Crippen LogP contribution is -2.59. The first kappa shape index (κ1) is 19.8. The zero-order chi connectivity index (χ0) is 20.1. The van der Waals surface area contributed by atoms with Crippen molar-refractivity contribution in [2.45, 2.75) is 37.6 Å². The molecule has 1 aromatic carbocycles. The number of fused-ring (bicyclic) bond motifs is 1. The largest absolute Gasteiger partial charge is 0.451 e. The van der Waals surface area contributed by atoms with Crippen LogP contribution >= 0.6 is 0 Å². The number of nitrogens with one attached hydrogen (secondary N) is 2. The van der Waals surface area contributed by atoms with Gasteiger partial charge in [0.15, 0.2) is 12.3 Å². The van der Waals surface area contributed by atoms with Crippen molar-refractivity contribution in [3.05, 3.63) is 30.0 Å². The van der Waals surface area contributed by atoms with Crippen LogP contribution in [0, 0.1) is 0 Å². The lowest BCUT2D eigenvalue weighted by Gasteiger charge is -2.48. The van der Waals surface area contributed by atoms with Crippen LogP contribution in [-0.4, -0.2) is 72.0 Å². The molecule has 156 valence electrons. The molecule has 2 heterocycles. The van der Waals surface area contributed by atoms with Crippen molar-refractivity contribution >= 4 is 22.8 Å². The molecule has 1 aromatic heterocycles. The van der Waals surface area contributed by atoms with Gasteiger partial charge in [0.05, 0.1) is 18.7 Å². The first-order chi connectivity index (χ1) is 14.2. The van der Waals surface area contributed by atoms with Gasteiger partial charge in [-0.15, -0.1) is 0 Å². The Balaban J connectivity index is 1.32. The summed E-state index contributed by atoms with van der Waals surface area (Å²) < 4.78 is 10.7. The molecule has 1 aliphatic heterocycles. The topological polar surface area (TPSA) is 96.6 Å². The van der Waals surface area contributed by atoms with E-state index in [-0.39, 0.29) is 23.7 Å². The van der Waals surface area contributed by atoms with Gasteiger partial charge in [-0.3, -0.25) is 14.8 Å². The molecule has 0 spiro atoms. The summed E-state index contributed by atoms with van der Waals surface area (Å²) in [5.41, 5.74) is 0.944. The van der Waals surface area contributed by atoms with Gasteiger partial charge in [-0.1, -0.05) is 37.5 Å². The second kappa shape index (κ2) is 8.92. The zero-order valence-corrected chi connectivity index (χ0v) is 16.6. The highest BCUT2D eigenvalue weighted by molar-refractivity contribution is 6.02. The molecule has 8 heteroatoms. The van der Waals surface area contributed by atoms with E-state index in [2.05, 4.69) is 20.4 Å². The van der Waals surface area contributed by atoms with Gasteiger partial charge in [-0.05, 0) is 18.9 Å². The molecule has 8 nitrogen and oxygen atoms in total. The minimum Gasteiger partial charge on any atom is -0.451 e. The van der Waals surface area contributed by atoms with Crippen LogP contribution in [0.2, 0.25) is 0 Å². The Bertz CT molecular complexity index is 853. The standard InChI is InChI=1S/C21H28N4O4/c26-18(14-29-20(27)19-16-6-2-3-7-17(16)23-24-19)22-15-21(8-4-1-5-9-21)25-10-12-28-13-11-25/h2-3,6-7H,1,4-5,8-15H2,(H,22,26)(H,23,24). The number of morpholine rings is 1. The summed E-state index contributed by atoms with van der Waals surface area (Å²) in [5, 5.41) is 10.5. The Morgan fingerprint density at radius 1 is 1.17 bits per heavy atom. The van der Waals surface area contributed by atoms with Crippen LogP contribution in [0.15, 0.2) is 24.3 Å². The van der Waals surface area contributed by atoms with Gasteiger partial charge >= 0.3 is 5.97 Å². The van der Waals surface area contributed by atoms with E-state index in [1.165, 1.54) is 19.3 Å². The summed E-state index contributed by atoms with van der Waals surface area (Å²) in [5.74, 6) is -0.880. The van der Waals surface area contributed by atoms with Crippen molar-refractivity contribution < 1.29 is 19.1 Å². The fraction of sp³-hybridized carbons (Fsp3) is 0.571. The number of amides is 1. The Morgan fingerprint density at radius 2 is 1.93 bits per heavy atom. The number of para-hydroxylation sites is 1. The van der Waals surface area contributed by atoms with E-state index >= 15 is 0 Å². The average molecular weight is 400 g/mol. The van der Waals surface area contributed by atoms with Crippen LogP contribution in [0.5, 0.6) is 0 Å². The molecule has 2 aliphatic rings. The number of carbonyl (C=O) groups is 2. The Morgan fingerprint density at radius 3 is 2.72 bits per heavy atom. The van der Waals surface area contributed by atoms with Crippen LogP contribution in [0.4, 0.5) is 0 Å². The first-order valence-corrected chi connectivity index (χ1v) is 10.4. The number of aromatic nitrogens is 2. The number of hydrogen-bond acceptors (Lipinski definition) is 6. The minimum atomic E-state index is -0.599. The molecule has 4 rings (SSSR count). The van der Waals surface area contributed by atoms with E-state index in [1.807, 2.05) is 18.2 Å². The highest BCUT2D eigenvalue weighted by atomic mass is 16.5. The molecule has 1 amide bonds. The maximum absolute atomic E-state index is 12.4. The van der Waals surface area contributed by atoms with Crippen LogP contribution in [0.25, 0.3) is 10.9 Å². The number of esters is 1. The second-order valence-corrected chi connectivity index (χ2v) is 7.86. The van der Waals surface area contributed by atoms with Crippen molar-refractivity contribution in [2.75, 3.05) is 39.5 Å². The van der Waals surface area contributed by atoms with Crippen LogP contribution < -0.4 is 5.32 Å². The first-order valence-electron chi connectivity index (χ1n) is 10.4. The van der Waals surface area contributed by atoms with Crippen molar-refractivity contribution in [3.8, 4) is 0 Å². The van der Waals surface area contributed by atoms with E-state index in [4.69, 9.17) is 9.47 Å². The summed E-state index contributed by atoms with van der Waals surface area (Å²) in [6.45, 7) is 3.55. The third kappa shape index (κ3) is 4.43. The number of H-pyrrole nitrogens is 1. The van der Waals surface area contributed by atoms with Gasteiger partial charge in [-0.25, -0.2) is 4.79 Å². The van der Waals surface area contributed by atoms with Gasteiger partial charge in [0, 0.05) is 30.6 Å². The molecule has 0 bridgehead atoms. The summed E-state index contributed by atoms with van der Waals surface area (Å²) >= 11 is 0. The quantitative estimate of drug-likeness (QED) is 0.719. The molecule has 1 aliphatic carbocycles. The van der Waals surface area contributed by atoms with Crippen molar-refractivity contribution in [2.24, 2.45) is 0 Å². The van der Waals surface area contributed by atoms with E-state index < -0.39 is 5.97 Å². The smallest absolute Gasteiger partial charge is 0.359 e. The highest BCUT2D eigenvalue weighted by Crippen LogP contribution is 2.33. The van der Waals surface area contributed by atoms with Crippen molar-refractivity contribution in [3.63, 3.8) is 0 Å². The number of nitrogens with zero attached hydrogens (tertiary/aromatic N) is 2. The Labute approximate surface area is 169 Å². The molecule has 2 fully saturated rings. The molecule has 1 saturated heterocycles. The molecular formula is C21H28N4O4. The van der Waals surface area contributed by atoms with Crippen molar-refractivity contribution in [1.82, 2.24) is 20.4 Å². The number of carbonyl (C=O) groups excluding carboxylic acids is 2. The molecule has 2 N–H and O–H groups in total. The predicted octanol–water partition coefficient (Wildman–Crippen LogP) is 1.87. The van der Waals surface area contributed by atoms with Gasteiger partial charge in [0.25, 0.3) is 5.91 Å². The molecule has 0 radical (unpaired) electrons. The van der Waals surface area contributed by atoms with Gasteiger partial charge in [0.2, 0.25) is 0 Å². The molecular weight excluding hydrogens is 372 g/mol. The highest BCUT2D eigenvalue weighted by Gasteiger charge is 2.38. The third-order valence-electron chi connectivity index (χ3n) is 6.08. The van der Waals surface area contributed by atoms with Crippen LogP contribution in [0.3, 0.4) is 0 Å². The number of ether oxygens (including phenoxy) is 2. The molecule has 0 atom stereocenters. The van der Waals surface area contributed by atoms with Gasteiger partial charge < -0.3 is 14.8 Å². The lowest BCUT2D eigenvalue weighted by atomic mass is 9.79. The number of benzene rings is 1. The Kier molecular flexibility index (Phi) is 6.10. The fourth-order valence-electron chi connectivity index (χ4n) is 4.49. The molecule has 0 unspecified atom stereocenters. The minimum absolute atomic E-state index is 0.0138. The predicted molar refractivity (Wildman–Crippen MR) is 108 cm³/mol. The average Bonchev–Trinajstić information content (AvgIpc) is 3.22. The molecule has 1 saturated carbocycles. The van der Waals surface area contributed by atoms with E-state index in [1.54, 1.807) is 6.07 Å². The van der Waals surface area contributed by atoms with E-state index in [0.717, 1.165) is 44.7 Å². The summed E-state index contributed by atoms with van der Waals surface area (Å²) in [7, 11) is 0. The second-order valence-electron chi connectivity index (χ2n) is 7.86. The maximum atomic E-state index is 12.4. The summed E-state index contributed by atoms with van der Waals surface area (Å²) in [6.07, 6.45) is 5.75. The SMILES string of the molecule is O=C(COC(=O)c1n[nH]c2ccccc12)NCC1(N2CCOCC2)CCCCC1. The van der Waals surface area contributed by atoms with Gasteiger partial charge in [0.1, 0.15) is 0 Å². The number of aromatic amines is 1. The van der Waals surface area contributed by atoms with Crippen LogP contribution in [0.1, 0.15) is 42.6 Å². The fourth-order valence-corrected chi connectivity index (χ4v) is 4.49. The maximum Gasteiger partial charge on any atom is 0.359 e. The molecule has 2 aromatic rings. The number of rotatable bonds is 6. The zero-order valence-electron chi connectivity index (χ0n) is 16.6. The lowest BCUT2D eigenvalue weighted by molar-refractivity contribution is -0.125. The van der Waals surface area contributed by atoms with E-state index in [9.17, 15) is 9.59 Å². The summed E-state index contributed by atoms with van der Waals surface area (Å²) in [6, 6.07) is 7.32. The summed E-state index contributed by atoms with van der Waals surface area (Å²) in [4.78, 5) is 27.2. The monoisotopic (exact) mass is 400 g/mol. The van der Waals surface area contributed by atoms with Gasteiger partial charge in [-0.2, -0.15) is 5.10 Å². The van der Waals surface area contributed by atoms with Crippen molar-refractivity contribution in [1.29, 1.82) is 0 Å². The third-order valence-corrected chi connectivity index (χ3v) is 6.08. The Hall–Kier alpha value is -2.45. The molecule has 29 heavy (non-hydrogen) atoms.